The lowest BCUT2D eigenvalue weighted by Crippen LogP contribution is -2.38. The maximum atomic E-state index is 11.7. The van der Waals surface area contributed by atoms with E-state index in [1.165, 1.54) is 0 Å². The van der Waals surface area contributed by atoms with Gasteiger partial charge < -0.3 is 15.4 Å². The summed E-state index contributed by atoms with van der Waals surface area (Å²) in [7, 11) is 0. The molecule has 5 nitrogen and oxygen atoms in total. The molecule has 2 N–H and O–H groups in total. The highest BCUT2D eigenvalue weighted by Gasteiger charge is 2.07. The van der Waals surface area contributed by atoms with Gasteiger partial charge in [-0.1, -0.05) is 47.5 Å². The fourth-order valence-electron chi connectivity index (χ4n) is 1.91. The molecule has 126 valence electrons. The van der Waals surface area contributed by atoms with E-state index >= 15 is 0 Å². The minimum atomic E-state index is -0.358. The maximum absolute atomic E-state index is 11.7. The molecule has 0 saturated heterocycles. The summed E-state index contributed by atoms with van der Waals surface area (Å²) >= 11 is 6.01. The summed E-state index contributed by atoms with van der Waals surface area (Å²) in [5.41, 5.74) is 1.93. The van der Waals surface area contributed by atoms with Crippen LogP contribution in [0.1, 0.15) is 11.1 Å². The molecule has 6 heteroatoms. The van der Waals surface area contributed by atoms with Crippen molar-refractivity contribution in [2.75, 3.05) is 13.2 Å². The topological polar surface area (TPSA) is 67.4 Å². The van der Waals surface area contributed by atoms with Gasteiger partial charge in [0.1, 0.15) is 5.75 Å². The number of halogens is 1. The lowest BCUT2D eigenvalue weighted by molar-refractivity contribution is -0.127. The second-order valence-corrected chi connectivity index (χ2v) is 5.65. The molecule has 0 aromatic heterocycles. The van der Waals surface area contributed by atoms with Crippen LogP contribution in [0.2, 0.25) is 5.02 Å². The smallest absolute Gasteiger partial charge is 0.258 e. The van der Waals surface area contributed by atoms with E-state index in [2.05, 4.69) is 10.6 Å². The Morgan fingerprint density at radius 1 is 1.00 bits per heavy atom. The highest BCUT2D eigenvalue weighted by molar-refractivity contribution is 6.31. The molecule has 0 aliphatic rings. The van der Waals surface area contributed by atoms with Crippen LogP contribution < -0.4 is 15.4 Å². The highest BCUT2D eigenvalue weighted by atomic mass is 35.5. The van der Waals surface area contributed by atoms with Crippen molar-refractivity contribution in [1.29, 1.82) is 0 Å². The number of hydrogen-bond donors (Lipinski definition) is 2. The van der Waals surface area contributed by atoms with Crippen molar-refractivity contribution in [2.45, 2.75) is 13.5 Å². The predicted molar refractivity (Wildman–Crippen MR) is 93.0 cm³/mol. The predicted octanol–water partition coefficient (Wildman–Crippen LogP) is 2.46. The van der Waals surface area contributed by atoms with Crippen molar-refractivity contribution in [3.63, 3.8) is 0 Å². The third-order valence-electron chi connectivity index (χ3n) is 3.27. The molecule has 0 spiro atoms. The summed E-state index contributed by atoms with van der Waals surface area (Å²) in [5.74, 6) is -0.0407. The quantitative estimate of drug-likeness (QED) is 0.809. The third kappa shape index (κ3) is 5.93. The van der Waals surface area contributed by atoms with Crippen LogP contribution >= 0.6 is 11.6 Å². The zero-order valence-corrected chi connectivity index (χ0v) is 14.1. The number of rotatable bonds is 7. The van der Waals surface area contributed by atoms with E-state index in [1.807, 2.05) is 37.3 Å². The molecule has 0 unspecified atom stereocenters. The first-order valence-electron chi connectivity index (χ1n) is 7.51. The first-order chi connectivity index (χ1) is 11.5. The zero-order valence-electron chi connectivity index (χ0n) is 13.3. The van der Waals surface area contributed by atoms with Crippen molar-refractivity contribution in [3.05, 3.63) is 64.7 Å². The van der Waals surface area contributed by atoms with E-state index < -0.39 is 0 Å². The molecular weight excluding hydrogens is 328 g/mol. The van der Waals surface area contributed by atoms with Crippen LogP contribution in [0, 0.1) is 6.92 Å². The normalized spacial score (nSPS) is 10.1. The van der Waals surface area contributed by atoms with Crippen LogP contribution in [0.3, 0.4) is 0 Å². The van der Waals surface area contributed by atoms with Crippen LogP contribution in [0.5, 0.6) is 5.75 Å². The van der Waals surface area contributed by atoms with Gasteiger partial charge in [0.2, 0.25) is 5.91 Å². The number of nitrogens with one attached hydrogen (secondary N) is 2. The number of carbonyl (C=O) groups is 2. The molecule has 0 fully saturated rings. The van der Waals surface area contributed by atoms with Crippen molar-refractivity contribution in [1.82, 2.24) is 10.6 Å². The van der Waals surface area contributed by atoms with Gasteiger partial charge in [-0.15, -0.1) is 0 Å². The van der Waals surface area contributed by atoms with Gasteiger partial charge in [-0.25, -0.2) is 0 Å². The molecule has 0 heterocycles. The molecule has 0 saturated carbocycles. The molecule has 0 atom stereocenters. The SMILES string of the molecule is Cc1ccc(OCC(=O)NCC(=O)NCc2ccccc2Cl)cc1. The fraction of sp³-hybridized carbons (Fsp3) is 0.222. The van der Waals surface area contributed by atoms with Crippen molar-refractivity contribution < 1.29 is 14.3 Å². The van der Waals surface area contributed by atoms with Crippen LogP contribution in [0.25, 0.3) is 0 Å². The zero-order chi connectivity index (χ0) is 17.4. The van der Waals surface area contributed by atoms with Crippen LogP contribution in [0.15, 0.2) is 48.5 Å². The Bertz CT molecular complexity index is 702. The lowest BCUT2D eigenvalue weighted by atomic mass is 10.2. The number of carbonyl (C=O) groups excluding carboxylic acids is 2. The molecule has 0 aliphatic heterocycles. The van der Waals surface area contributed by atoms with Gasteiger partial charge in [-0.3, -0.25) is 9.59 Å². The Balaban J connectivity index is 1.66. The molecule has 0 radical (unpaired) electrons. The summed E-state index contributed by atoms with van der Waals surface area (Å²) in [6.07, 6.45) is 0. The molecule has 2 rings (SSSR count). The van der Waals surface area contributed by atoms with E-state index in [-0.39, 0.29) is 25.0 Å². The Hall–Kier alpha value is -2.53. The minimum Gasteiger partial charge on any atom is -0.484 e. The molecule has 2 aromatic carbocycles. The van der Waals surface area contributed by atoms with Gasteiger partial charge in [-0.2, -0.15) is 0 Å². The monoisotopic (exact) mass is 346 g/mol. The van der Waals surface area contributed by atoms with E-state index in [0.29, 0.717) is 17.3 Å². The van der Waals surface area contributed by atoms with E-state index in [4.69, 9.17) is 16.3 Å². The average molecular weight is 347 g/mol. The van der Waals surface area contributed by atoms with Crippen LogP contribution in [-0.2, 0) is 16.1 Å². The van der Waals surface area contributed by atoms with Crippen molar-refractivity contribution in [3.8, 4) is 5.75 Å². The Morgan fingerprint density at radius 3 is 2.42 bits per heavy atom. The minimum absolute atomic E-state index is 0.111. The average Bonchev–Trinajstić information content (AvgIpc) is 2.58. The summed E-state index contributed by atoms with van der Waals surface area (Å²) in [4.78, 5) is 23.4. The van der Waals surface area contributed by atoms with Gasteiger partial charge in [-0.05, 0) is 30.7 Å². The number of benzene rings is 2. The van der Waals surface area contributed by atoms with Crippen LogP contribution in [-0.4, -0.2) is 25.0 Å². The van der Waals surface area contributed by atoms with Crippen molar-refractivity contribution in [2.24, 2.45) is 0 Å². The molecule has 0 bridgehead atoms. The fourth-order valence-corrected chi connectivity index (χ4v) is 2.11. The van der Waals surface area contributed by atoms with Crippen molar-refractivity contribution >= 4 is 23.4 Å². The van der Waals surface area contributed by atoms with Gasteiger partial charge in [0.15, 0.2) is 6.61 Å². The highest BCUT2D eigenvalue weighted by Crippen LogP contribution is 2.14. The summed E-state index contributed by atoms with van der Waals surface area (Å²) in [5, 5.41) is 5.79. The maximum Gasteiger partial charge on any atom is 0.258 e. The van der Waals surface area contributed by atoms with E-state index in [9.17, 15) is 9.59 Å². The van der Waals surface area contributed by atoms with Gasteiger partial charge in [0.05, 0.1) is 6.54 Å². The second-order valence-electron chi connectivity index (χ2n) is 5.25. The number of amides is 2. The van der Waals surface area contributed by atoms with Gasteiger partial charge in [0.25, 0.3) is 5.91 Å². The standard InChI is InChI=1S/C18H19ClN2O3/c1-13-6-8-15(9-7-13)24-12-18(23)21-11-17(22)20-10-14-4-2-3-5-16(14)19/h2-9H,10-12H2,1H3,(H,20,22)(H,21,23). The van der Waals surface area contributed by atoms with E-state index in [1.54, 1.807) is 18.2 Å². The Labute approximate surface area is 146 Å². The van der Waals surface area contributed by atoms with Gasteiger partial charge >= 0.3 is 0 Å². The first kappa shape index (κ1) is 17.8. The lowest BCUT2D eigenvalue weighted by Gasteiger charge is -2.09. The Morgan fingerprint density at radius 2 is 1.71 bits per heavy atom. The number of aryl methyl sites for hydroxylation is 1. The third-order valence-corrected chi connectivity index (χ3v) is 3.64. The second kappa shape index (κ2) is 8.93. The molecule has 2 aromatic rings. The number of hydrogen-bond acceptors (Lipinski definition) is 3. The first-order valence-corrected chi connectivity index (χ1v) is 7.88. The summed E-state index contributed by atoms with van der Waals surface area (Å²) in [6, 6.07) is 14.6. The molecule has 0 aliphatic carbocycles. The largest absolute Gasteiger partial charge is 0.484 e. The Kier molecular flexibility index (Phi) is 6.63. The number of ether oxygens (including phenoxy) is 1. The molecule has 2 amide bonds. The summed E-state index contributed by atoms with van der Waals surface area (Å²) in [6.45, 7) is 2.04. The molecular formula is C18H19ClN2O3. The summed E-state index contributed by atoms with van der Waals surface area (Å²) < 4.78 is 5.34. The van der Waals surface area contributed by atoms with Gasteiger partial charge in [0, 0.05) is 11.6 Å². The molecule has 24 heavy (non-hydrogen) atoms. The van der Waals surface area contributed by atoms with E-state index in [0.717, 1.165) is 11.1 Å². The van der Waals surface area contributed by atoms with Crippen LogP contribution in [0.4, 0.5) is 0 Å².